The van der Waals surface area contributed by atoms with Gasteiger partial charge in [-0.05, 0) is 19.8 Å². The SMILES string of the molecule is CCOC(=O)C1(C)ON=C(C(C)C)C1OC. The molecule has 0 saturated carbocycles. The minimum absolute atomic E-state index is 0.168. The van der Waals surface area contributed by atoms with Gasteiger partial charge in [-0.1, -0.05) is 19.0 Å². The molecule has 1 heterocycles. The average Bonchev–Trinajstić information content (AvgIpc) is 2.57. The molecule has 16 heavy (non-hydrogen) atoms. The van der Waals surface area contributed by atoms with E-state index in [1.165, 1.54) is 7.11 Å². The molecule has 92 valence electrons. The smallest absolute Gasteiger partial charge is 0.356 e. The summed E-state index contributed by atoms with van der Waals surface area (Å²) in [5, 5.41) is 3.93. The number of hydrogen-bond donors (Lipinski definition) is 0. The summed E-state index contributed by atoms with van der Waals surface area (Å²) in [6, 6.07) is 0. The molecule has 0 amide bonds. The molecule has 0 radical (unpaired) electrons. The second kappa shape index (κ2) is 4.82. The number of carbonyl (C=O) groups excluding carboxylic acids is 1. The van der Waals surface area contributed by atoms with Crippen LogP contribution in [0.4, 0.5) is 0 Å². The van der Waals surface area contributed by atoms with Crippen LogP contribution in [0.2, 0.25) is 0 Å². The van der Waals surface area contributed by atoms with Crippen LogP contribution in [0.1, 0.15) is 27.7 Å². The van der Waals surface area contributed by atoms with Crippen molar-refractivity contribution in [3.63, 3.8) is 0 Å². The summed E-state index contributed by atoms with van der Waals surface area (Å²) in [7, 11) is 1.54. The first kappa shape index (κ1) is 13.0. The van der Waals surface area contributed by atoms with Crippen molar-refractivity contribution in [3.8, 4) is 0 Å². The first-order valence-electron chi connectivity index (χ1n) is 5.43. The molecule has 0 aromatic rings. The standard InChI is InChI=1S/C11H19NO4/c1-6-15-10(13)11(4)9(14-5)8(7(2)3)12-16-11/h7,9H,6H2,1-5H3. The fraction of sp³-hybridized carbons (Fsp3) is 0.818. The molecule has 1 aliphatic heterocycles. The van der Waals surface area contributed by atoms with Gasteiger partial charge in [0, 0.05) is 7.11 Å². The number of ether oxygens (including phenoxy) is 2. The molecule has 0 spiro atoms. The van der Waals surface area contributed by atoms with E-state index in [9.17, 15) is 4.79 Å². The largest absolute Gasteiger partial charge is 0.463 e. The van der Waals surface area contributed by atoms with Gasteiger partial charge in [0.25, 0.3) is 5.60 Å². The van der Waals surface area contributed by atoms with Crippen LogP contribution in [-0.2, 0) is 19.1 Å². The fourth-order valence-corrected chi connectivity index (χ4v) is 1.70. The van der Waals surface area contributed by atoms with Crippen molar-refractivity contribution in [2.75, 3.05) is 13.7 Å². The molecular weight excluding hydrogens is 210 g/mol. The number of rotatable bonds is 4. The molecule has 0 saturated heterocycles. The zero-order chi connectivity index (χ0) is 12.3. The van der Waals surface area contributed by atoms with Crippen molar-refractivity contribution in [3.05, 3.63) is 0 Å². The lowest BCUT2D eigenvalue weighted by Crippen LogP contribution is -2.50. The lowest BCUT2D eigenvalue weighted by molar-refractivity contribution is -0.176. The number of hydrogen-bond acceptors (Lipinski definition) is 5. The van der Waals surface area contributed by atoms with Gasteiger partial charge < -0.3 is 14.3 Å². The van der Waals surface area contributed by atoms with Crippen molar-refractivity contribution >= 4 is 11.7 Å². The molecule has 1 aliphatic rings. The monoisotopic (exact) mass is 229 g/mol. The molecule has 5 nitrogen and oxygen atoms in total. The van der Waals surface area contributed by atoms with Gasteiger partial charge in [0.2, 0.25) is 0 Å². The molecule has 0 aliphatic carbocycles. The van der Waals surface area contributed by atoms with Gasteiger partial charge in [0.05, 0.1) is 12.3 Å². The quantitative estimate of drug-likeness (QED) is 0.683. The summed E-state index contributed by atoms with van der Waals surface area (Å²) < 4.78 is 10.3. The highest BCUT2D eigenvalue weighted by Gasteiger charge is 2.53. The normalized spacial score (nSPS) is 28.9. The molecule has 0 aromatic carbocycles. The fourth-order valence-electron chi connectivity index (χ4n) is 1.70. The highest BCUT2D eigenvalue weighted by molar-refractivity contribution is 5.98. The van der Waals surface area contributed by atoms with Crippen LogP contribution in [0, 0.1) is 5.92 Å². The Morgan fingerprint density at radius 1 is 1.62 bits per heavy atom. The summed E-state index contributed by atoms with van der Waals surface area (Å²) in [5.74, 6) is -0.276. The molecule has 2 atom stereocenters. The zero-order valence-corrected chi connectivity index (χ0v) is 10.4. The maximum Gasteiger partial charge on any atom is 0.356 e. The number of carbonyl (C=O) groups is 1. The topological polar surface area (TPSA) is 57.1 Å². The minimum atomic E-state index is -1.16. The molecular formula is C11H19NO4. The number of oxime groups is 1. The minimum Gasteiger partial charge on any atom is -0.463 e. The van der Waals surface area contributed by atoms with Crippen LogP contribution in [-0.4, -0.2) is 37.1 Å². The van der Waals surface area contributed by atoms with E-state index in [-0.39, 0.29) is 5.92 Å². The Morgan fingerprint density at radius 2 is 2.25 bits per heavy atom. The Morgan fingerprint density at radius 3 is 2.69 bits per heavy atom. The Balaban J connectivity index is 2.89. The van der Waals surface area contributed by atoms with Crippen LogP contribution in [0.3, 0.4) is 0 Å². The third-order valence-corrected chi connectivity index (χ3v) is 2.62. The zero-order valence-electron chi connectivity index (χ0n) is 10.4. The third kappa shape index (κ3) is 2.04. The summed E-state index contributed by atoms with van der Waals surface area (Å²) in [6.07, 6.45) is -0.480. The van der Waals surface area contributed by atoms with Gasteiger partial charge >= 0.3 is 5.97 Å². The van der Waals surface area contributed by atoms with Crippen LogP contribution in [0.5, 0.6) is 0 Å². The van der Waals surface area contributed by atoms with Crippen molar-refractivity contribution in [2.45, 2.75) is 39.4 Å². The van der Waals surface area contributed by atoms with E-state index in [1.807, 2.05) is 13.8 Å². The van der Waals surface area contributed by atoms with Gasteiger partial charge in [-0.25, -0.2) is 4.79 Å². The lowest BCUT2D eigenvalue weighted by atomic mass is 9.91. The van der Waals surface area contributed by atoms with E-state index in [1.54, 1.807) is 13.8 Å². The Hall–Kier alpha value is -1.10. The molecule has 0 aromatic heterocycles. The molecule has 2 unspecified atom stereocenters. The van der Waals surface area contributed by atoms with Crippen LogP contribution >= 0.6 is 0 Å². The summed E-state index contributed by atoms with van der Waals surface area (Å²) in [5.41, 5.74) is -0.428. The van der Waals surface area contributed by atoms with Gasteiger partial charge in [0.15, 0.2) is 6.10 Å². The third-order valence-electron chi connectivity index (χ3n) is 2.62. The summed E-state index contributed by atoms with van der Waals surface area (Å²) in [6.45, 7) is 7.65. The Labute approximate surface area is 95.7 Å². The maximum absolute atomic E-state index is 11.8. The first-order chi connectivity index (χ1) is 7.47. The lowest BCUT2D eigenvalue weighted by Gasteiger charge is -2.26. The van der Waals surface area contributed by atoms with Crippen molar-refractivity contribution in [2.24, 2.45) is 11.1 Å². The van der Waals surface area contributed by atoms with E-state index in [2.05, 4.69) is 5.16 Å². The van der Waals surface area contributed by atoms with Gasteiger partial charge in [-0.15, -0.1) is 0 Å². The molecule has 0 fully saturated rings. The Bertz CT molecular complexity index is 300. The number of esters is 1. The van der Waals surface area contributed by atoms with Crippen molar-refractivity contribution < 1.29 is 19.1 Å². The first-order valence-corrected chi connectivity index (χ1v) is 5.43. The average molecular weight is 229 g/mol. The van der Waals surface area contributed by atoms with E-state index < -0.39 is 17.7 Å². The van der Waals surface area contributed by atoms with Gasteiger partial charge in [-0.2, -0.15) is 0 Å². The summed E-state index contributed by atoms with van der Waals surface area (Å²) >= 11 is 0. The van der Waals surface area contributed by atoms with E-state index in [4.69, 9.17) is 14.3 Å². The van der Waals surface area contributed by atoms with E-state index in [0.29, 0.717) is 6.61 Å². The second-order valence-corrected chi connectivity index (χ2v) is 4.21. The van der Waals surface area contributed by atoms with Crippen LogP contribution < -0.4 is 0 Å². The van der Waals surface area contributed by atoms with Crippen LogP contribution in [0.15, 0.2) is 5.16 Å². The number of nitrogens with zero attached hydrogens (tertiary/aromatic N) is 1. The predicted molar refractivity (Wildman–Crippen MR) is 59.2 cm³/mol. The second-order valence-electron chi connectivity index (χ2n) is 4.21. The molecule has 0 bridgehead atoms. The maximum atomic E-state index is 11.8. The highest BCUT2D eigenvalue weighted by atomic mass is 16.7. The summed E-state index contributed by atoms with van der Waals surface area (Å²) in [4.78, 5) is 17.0. The number of methoxy groups -OCH3 is 1. The van der Waals surface area contributed by atoms with E-state index >= 15 is 0 Å². The van der Waals surface area contributed by atoms with E-state index in [0.717, 1.165) is 5.71 Å². The molecule has 5 heteroatoms. The van der Waals surface area contributed by atoms with Crippen LogP contribution in [0.25, 0.3) is 0 Å². The van der Waals surface area contributed by atoms with Crippen molar-refractivity contribution in [1.29, 1.82) is 0 Å². The van der Waals surface area contributed by atoms with Gasteiger partial charge in [-0.3, -0.25) is 0 Å². The predicted octanol–water partition coefficient (Wildman–Crippen LogP) is 1.37. The Kier molecular flexibility index (Phi) is 3.91. The molecule has 1 rings (SSSR count). The highest BCUT2D eigenvalue weighted by Crippen LogP contribution is 2.30. The van der Waals surface area contributed by atoms with Crippen molar-refractivity contribution in [1.82, 2.24) is 0 Å². The van der Waals surface area contributed by atoms with Gasteiger partial charge in [0.1, 0.15) is 0 Å². The molecule has 0 N–H and O–H groups in total.